The van der Waals surface area contributed by atoms with Gasteiger partial charge in [0.05, 0.1) is 15.6 Å². The molecule has 5 nitrogen and oxygen atoms in total. The third-order valence-corrected chi connectivity index (χ3v) is 6.05. The highest BCUT2D eigenvalue weighted by atomic mass is 32.2. The summed E-state index contributed by atoms with van der Waals surface area (Å²) in [4.78, 5) is 8.93. The van der Waals surface area contributed by atoms with Crippen molar-refractivity contribution < 1.29 is 8.42 Å². The van der Waals surface area contributed by atoms with Crippen LogP contribution in [0.4, 0.5) is 0 Å². The van der Waals surface area contributed by atoms with E-state index in [1.807, 2.05) is 23.6 Å². The highest BCUT2D eigenvalue weighted by molar-refractivity contribution is 7.89. The van der Waals surface area contributed by atoms with Gasteiger partial charge in [-0.1, -0.05) is 18.2 Å². The van der Waals surface area contributed by atoms with E-state index in [2.05, 4.69) is 14.7 Å². The molecule has 0 bridgehead atoms. The van der Waals surface area contributed by atoms with E-state index in [9.17, 15) is 8.42 Å². The number of hydrogen-bond donors (Lipinski definition) is 1. The molecule has 0 aliphatic rings. The van der Waals surface area contributed by atoms with Crippen molar-refractivity contribution in [2.24, 2.45) is 0 Å². The maximum absolute atomic E-state index is 12.3. The molecule has 3 aromatic rings. The largest absolute Gasteiger partial charge is 0.264 e. The Labute approximate surface area is 145 Å². The first kappa shape index (κ1) is 16.8. The lowest BCUT2D eigenvalue weighted by Gasteiger charge is -2.08. The van der Waals surface area contributed by atoms with Crippen molar-refractivity contribution in [3.05, 3.63) is 64.7 Å². The molecule has 0 saturated heterocycles. The highest BCUT2D eigenvalue weighted by Crippen LogP contribution is 2.21. The van der Waals surface area contributed by atoms with Crippen LogP contribution in [0.25, 0.3) is 11.3 Å². The molecule has 0 atom stereocenters. The van der Waals surface area contributed by atoms with Crippen molar-refractivity contribution in [3.8, 4) is 11.3 Å². The molecule has 7 heteroatoms. The molecule has 0 amide bonds. The Bertz CT molecular complexity index is 922. The van der Waals surface area contributed by atoms with E-state index in [4.69, 9.17) is 0 Å². The van der Waals surface area contributed by atoms with E-state index in [0.29, 0.717) is 17.9 Å². The van der Waals surface area contributed by atoms with E-state index < -0.39 is 10.0 Å². The van der Waals surface area contributed by atoms with Crippen molar-refractivity contribution >= 4 is 21.4 Å². The highest BCUT2D eigenvalue weighted by Gasteiger charge is 2.15. The molecule has 0 aliphatic carbocycles. The van der Waals surface area contributed by atoms with Crippen LogP contribution in [0.15, 0.2) is 59.1 Å². The van der Waals surface area contributed by atoms with Gasteiger partial charge >= 0.3 is 0 Å². The summed E-state index contributed by atoms with van der Waals surface area (Å²) in [5.74, 6) is 0. The summed E-state index contributed by atoms with van der Waals surface area (Å²) in [6, 6.07) is 10.8. The van der Waals surface area contributed by atoms with Crippen LogP contribution in [-0.2, 0) is 16.4 Å². The summed E-state index contributed by atoms with van der Waals surface area (Å²) >= 11 is 1.52. The Kier molecular flexibility index (Phi) is 5.03. The minimum Gasteiger partial charge on any atom is -0.264 e. The van der Waals surface area contributed by atoms with Gasteiger partial charge in [0.2, 0.25) is 10.0 Å². The molecule has 2 aromatic heterocycles. The van der Waals surface area contributed by atoms with Crippen LogP contribution in [0.5, 0.6) is 0 Å². The van der Waals surface area contributed by atoms with Gasteiger partial charge in [-0.3, -0.25) is 4.98 Å². The Morgan fingerprint density at radius 3 is 2.75 bits per heavy atom. The number of pyridine rings is 1. The summed E-state index contributed by atoms with van der Waals surface area (Å²) in [6.45, 7) is 2.10. The Balaban J connectivity index is 1.63. The van der Waals surface area contributed by atoms with Gasteiger partial charge in [-0.05, 0) is 30.7 Å². The number of rotatable bonds is 6. The quantitative estimate of drug-likeness (QED) is 0.734. The summed E-state index contributed by atoms with van der Waals surface area (Å²) in [7, 11) is -3.49. The van der Waals surface area contributed by atoms with E-state index >= 15 is 0 Å². The predicted octanol–water partition coefficient (Wildman–Crippen LogP) is 3.03. The number of aryl methyl sites for hydroxylation is 1. The van der Waals surface area contributed by atoms with Gasteiger partial charge in [-0.2, -0.15) is 0 Å². The van der Waals surface area contributed by atoms with Gasteiger partial charge in [0, 0.05) is 36.3 Å². The molecule has 0 fully saturated rings. The van der Waals surface area contributed by atoms with Gasteiger partial charge in [-0.25, -0.2) is 18.1 Å². The minimum absolute atomic E-state index is 0.316. The lowest BCUT2D eigenvalue weighted by molar-refractivity contribution is 0.581. The third-order valence-electron chi connectivity index (χ3n) is 3.52. The zero-order valence-corrected chi connectivity index (χ0v) is 14.8. The fraction of sp³-hybridized carbons (Fsp3) is 0.176. The van der Waals surface area contributed by atoms with E-state index in [0.717, 1.165) is 21.8 Å². The SMILES string of the molecule is Cc1ccccc1S(=O)(=O)NCCc1nc(-c2cccnc2)cs1. The number of thiazole rings is 1. The smallest absolute Gasteiger partial charge is 0.240 e. The lowest BCUT2D eigenvalue weighted by atomic mass is 10.2. The molecule has 1 N–H and O–H groups in total. The molecule has 0 radical (unpaired) electrons. The summed E-state index contributed by atoms with van der Waals surface area (Å²) in [5.41, 5.74) is 2.56. The molecule has 0 spiro atoms. The van der Waals surface area contributed by atoms with Gasteiger partial charge < -0.3 is 0 Å². The number of nitrogens with one attached hydrogen (secondary N) is 1. The second-order valence-electron chi connectivity index (χ2n) is 5.28. The average Bonchev–Trinajstić information content (AvgIpc) is 3.05. The van der Waals surface area contributed by atoms with Crippen LogP contribution in [0.3, 0.4) is 0 Å². The molecule has 2 heterocycles. The van der Waals surface area contributed by atoms with Crippen molar-refractivity contribution in [2.75, 3.05) is 6.54 Å². The van der Waals surface area contributed by atoms with E-state index in [-0.39, 0.29) is 0 Å². The number of nitrogens with zero attached hydrogens (tertiary/aromatic N) is 2. The van der Waals surface area contributed by atoms with Gasteiger partial charge in [0.25, 0.3) is 0 Å². The fourth-order valence-electron chi connectivity index (χ4n) is 2.30. The first-order valence-electron chi connectivity index (χ1n) is 7.46. The van der Waals surface area contributed by atoms with E-state index in [1.165, 1.54) is 11.3 Å². The monoisotopic (exact) mass is 359 g/mol. The minimum atomic E-state index is -3.49. The maximum Gasteiger partial charge on any atom is 0.240 e. The molecule has 0 aliphatic heterocycles. The lowest BCUT2D eigenvalue weighted by Crippen LogP contribution is -2.26. The zero-order valence-electron chi connectivity index (χ0n) is 13.1. The standard InChI is InChI=1S/C17H17N3O2S2/c1-13-5-2-3-7-16(13)24(21,22)19-10-8-17-20-15(12-23-17)14-6-4-9-18-11-14/h2-7,9,11-12,19H,8,10H2,1H3. The van der Waals surface area contributed by atoms with E-state index in [1.54, 1.807) is 37.5 Å². The normalized spacial score (nSPS) is 11.5. The number of hydrogen-bond acceptors (Lipinski definition) is 5. The molecule has 0 saturated carbocycles. The second kappa shape index (κ2) is 7.21. The van der Waals surface area contributed by atoms with Crippen LogP contribution in [-0.4, -0.2) is 24.9 Å². The third kappa shape index (κ3) is 3.87. The summed E-state index contributed by atoms with van der Waals surface area (Å²) < 4.78 is 27.3. The Morgan fingerprint density at radius 2 is 2.00 bits per heavy atom. The molecule has 24 heavy (non-hydrogen) atoms. The molecule has 3 rings (SSSR count). The van der Waals surface area contributed by atoms with Crippen LogP contribution >= 0.6 is 11.3 Å². The first-order valence-corrected chi connectivity index (χ1v) is 9.82. The number of aromatic nitrogens is 2. The van der Waals surface area contributed by atoms with Gasteiger partial charge in [0.15, 0.2) is 0 Å². The van der Waals surface area contributed by atoms with Crippen molar-refractivity contribution in [1.29, 1.82) is 0 Å². The van der Waals surface area contributed by atoms with Crippen molar-refractivity contribution in [2.45, 2.75) is 18.2 Å². The van der Waals surface area contributed by atoms with Crippen LogP contribution in [0.1, 0.15) is 10.6 Å². The zero-order chi connectivity index (χ0) is 17.0. The Morgan fingerprint density at radius 1 is 1.17 bits per heavy atom. The first-order chi connectivity index (χ1) is 11.6. The number of benzene rings is 1. The van der Waals surface area contributed by atoms with Crippen LogP contribution in [0, 0.1) is 6.92 Å². The van der Waals surface area contributed by atoms with Crippen molar-refractivity contribution in [1.82, 2.24) is 14.7 Å². The molecule has 124 valence electrons. The molecular weight excluding hydrogens is 342 g/mol. The fourth-order valence-corrected chi connectivity index (χ4v) is 4.38. The summed E-state index contributed by atoms with van der Waals surface area (Å²) in [5, 5.41) is 2.85. The summed E-state index contributed by atoms with van der Waals surface area (Å²) in [6.07, 6.45) is 4.03. The second-order valence-corrected chi connectivity index (χ2v) is 7.96. The van der Waals surface area contributed by atoms with Gasteiger partial charge in [0.1, 0.15) is 0 Å². The Hall–Kier alpha value is -2.09. The van der Waals surface area contributed by atoms with Crippen molar-refractivity contribution in [3.63, 3.8) is 0 Å². The van der Waals surface area contributed by atoms with Crippen LogP contribution < -0.4 is 4.72 Å². The topological polar surface area (TPSA) is 72.0 Å². The molecule has 1 aromatic carbocycles. The molecule has 0 unspecified atom stereocenters. The van der Waals surface area contributed by atoms with Gasteiger partial charge in [-0.15, -0.1) is 11.3 Å². The average molecular weight is 359 g/mol. The predicted molar refractivity (Wildman–Crippen MR) is 95.4 cm³/mol. The number of sulfonamides is 1. The van der Waals surface area contributed by atoms with Crippen LogP contribution in [0.2, 0.25) is 0 Å². The maximum atomic E-state index is 12.3. The molecular formula is C17H17N3O2S2.